The molecule has 41 heavy (non-hydrogen) atoms. The van der Waals surface area contributed by atoms with Crippen molar-refractivity contribution in [2.24, 2.45) is 7.05 Å². The Hall–Kier alpha value is -1.00. The number of unbranched alkanes of at least 4 members (excludes halogenated alkanes) is 16. The molecular weight excluding hydrogens is 538 g/mol. The van der Waals surface area contributed by atoms with Gasteiger partial charge in [-0.3, -0.25) is 4.68 Å². The number of sulfonamides is 1. The van der Waals surface area contributed by atoms with Gasteiger partial charge in [0.25, 0.3) is 10.0 Å². The highest BCUT2D eigenvalue weighted by atomic mass is 32.2. The predicted octanol–water partition coefficient (Wildman–Crippen LogP) is 6.79. The highest BCUT2D eigenvalue weighted by molar-refractivity contribution is 7.89. The number of hydrogen-bond donors (Lipinski definition) is 3. The Kier molecular flexibility index (Phi) is 19.1. The van der Waals surface area contributed by atoms with Crippen LogP contribution in [0, 0.1) is 0 Å². The average Bonchev–Trinajstić information content (AvgIpc) is 3.62. The molecule has 1 fully saturated rings. The molecule has 0 spiro atoms. The van der Waals surface area contributed by atoms with E-state index in [1.165, 1.54) is 81.2 Å². The lowest BCUT2D eigenvalue weighted by molar-refractivity contribution is -0.0786. The first-order valence-electron chi connectivity index (χ1n) is 16.8. The van der Waals surface area contributed by atoms with Crippen molar-refractivity contribution in [2.75, 3.05) is 6.54 Å². The Bertz CT molecular complexity index is 878. The molecule has 1 aromatic heterocycles. The summed E-state index contributed by atoms with van der Waals surface area (Å²) >= 11 is 0. The summed E-state index contributed by atoms with van der Waals surface area (Å²) < 4.78 is 34.5. The monoisotopic (exact) mass is 599 g/mol. The summed E-state index contributed by atoms with van der Waals surface area (Å²) in [5, 5.41) is 25.3. The van der Waals surface area contributed by atoms with Crippen molar-refractivity contribution in [3.8, 4) is 0 Å². The van der Waals surface area contributed by atoms with E-state index in [1.807, 2.05) is 0 Å². The summed E-state index contributed by atoms with van der Waals surface area (Å²) in [6.07, 6.45) is 25.2. The molecule has 0 amide bonds. The Balaban J connectivity index is 1.39. The second-order valence-corrected chi connectivity index (χ2v) is 13.9. The number of aryl methyl sites for hydroxylation is 1. The molecule has 0 unspecified atom stereocenters. The average molecular weight is 600 g/mol. The Morgan fingerprint density at radius 1 is 0.805 bits per heavy atom. The van der Waals surface area contributed by atoms with Crippen LogP contribution in [0.3, 0.4) is 0 Å². The van der Waals surface area contributed by atoms with Gasteiger partial charge in [-0.25, -0.2) is 13.1 Å². The first kappa shape index (κ1) is 36.2. The van der Waals surface area contributed by atoms with E-state index in [1.54, 1.807) is 7.05 Å². The van der Waals surface area contributed by atoms with Crippen molar-refractivity contribution in [3.05, 3.63) is 12.3 Å². The van der Waals surface area contributed by atoms with Gasteiger partial charge in [-0.1, -0.05) is 116 Å². The number of aliphatic hydroxyl groups is 2. The van der Waals surface area contributed by atoms with Crippen LogP contribution in [0.1, 0.15) is 148 Å². The van der Waals surface area contributed by atoms with Gasteiger partial charge in [0.1, 0.15) is 0 Å². The molecule has 1 aliphatic rings. The van der Waals surface area contributed by atoms with Crippen LogP contribution >= 0.6 is 0 Å². The van der Waals surface area contributed by atoms with Gasteiger partial charge in [-0.15, -0.1) is 0 Å². The highest BCUT2D eigenvalue weighted by Gasteiger charge is 2.34. The minimum Gasteiger partial charge on any atom is -0.390 e. The second kappa shape index (κ2) is 21.7. The topological polar surface area (TPSA) is 114 Å². The van der Waals surface area contributed by atoms with Crippen LogP contribution in [0.2, 0.25) is 0 Å². The molecule has 240 valence electrons. The fraction of sp³-hybridized carbons (Fsp3) is 0.906. The smallest absolute Gasteiger partial charge is 0.257 e. The molecule has 1 aliphatic heterocycles. The molecule has 1 saturated heterocycles. The molecule has 9 heteroatoms. The summed E-state index contributed by atoms with van der Waals surface area (Å²) in [5.41, 5.74) is 0. The van der Waals surface area contributed by atoms with Crippen molar-refractivity contribution >= 4 is 10.0 Å². The van der Waals surface area contributed by atoms with Gasteiger partial charge < -0.3 is 14.9 Å². The zero-order valence-electron chi connectivity index (χ0n) is 26.1. The van der Waals surface area contributed by atoms with Gasteiger partial charge in [-0.05, 0) is 38.2 Å². The lowest BCUT2D eigenvalue weighted by Gasteiger charge is -2.22. The van der Waals surface area contributed by atoms with E-state index >= 15 is 0 Å². The summed E-state index contributed by atoms with van der Waals surface area (Å²) in [4.78, 5) is 0. The van der Waals surface area contributed by atoms with E-state index in [0.717, 1.165) is 77.0 Å². The molecule has 0 radical (unpaired) electrons. The minimum atomic E-state index is -3.48. The molecule has 2 rings (SSSR count). The molecule has 1 aromatic rings. The largest absolute Gasteiger partial charge is 0.390 e. The molecular formula is C32H61N3O5S. The Morgan fingerprint density at radius 3 is 1.68 bits per heavy atom. The van der Waals surface area contributed by atoms with E-state index in [-0.39, 0.29) is 17.2 Å². The third-order valence-corrected chi connectivity index (χ3v) is 10.1. The fourth-order valence-corrected chi connectivity index (χ4v) is 7.11. The number of hydrogen-bond acceptors (Lipinski definition) is 6. The number of rotatable bonds is 26. The molecule has 0 aromatic carbocycles. The van der Waals surface area contributed by atoms with E-state index in [4.69, 9.17) is 4.74 Å². The van der Waals surface area contributed by atoms with Crippen LogP contribution in [0.4, 0.5) is 0 Å². The number of aliphatic hydroxyl groups excluding tert-OH is 2. The maximum Gasteiger partial charge on any atom is 0.257 e. The van der Waals surface area contributed by atoms with Crippen molar-refractivity contribution in [1.29, 1.82) is 0 Å². The van der Waals surface area contributed by atoms with Crippen LogP contribution in [-0.4, -0.2) is 59.4 Å². The van der Waals surface area contributed by atoms with E-state index in [9.17, 15) is 18.6 Å². The summed E-state index contributed by atoms with van der Waals surface area (Å²) in [6, 6.07) is 1.50. The van der Waals surface area contributed by atoms with Crippen molar-refractivity contribution in [3.63, 3.8) is 0 Å². The first-order valence-corrected chi connectivity index (χ1v) is 18.3. The maximum atomic E-state index is 12.2. The van der Waals surface area contributed by atoms with E-state index in [0.29, 0.717) is 6.54 Å². The molecule has 3 N–H and O–H groups in total. The normalized spacial score (nSPS) is 19.1. The van der Waals surface area contributed by atoms with Crippen LogP contribution in [-0.2, 0) is 21.8 Å². The van der Waals surface area contributed by atoms with Gasteiger partial charge >= 0.3 is 0 Å². The van der Waals surface area contributed by atoms with Crippen LogP contribution in [0.15, 0.2) is 17.3 Å². The van der Waals surface area contributed by atoms with Crippen molar-refractivity contribution < 1.29 is 23.4 Å². The van der Waals surface area contributed by atoms with Gasteiger partial charge in [0.15, 0.2) is 5.03 Å². The standard InChI is InChI=1S/C32H61N3O5S/c1-3-4-5-6-7-8-9-12-15-18-21-28(36)30-23-24-31(40-30)29(37)22-19-16-13-10-11-14-17-20-26-34-41(38,39)32-25-27-33-35(32)2/h25,27-31,34,36-37H,3-24,26H2,1-2H3/t28-,29-,30-,31-/m1/s1. The maximum absolute atomic E-state index is 12.2. The number of nitrogens with zero attached hydrogens (tertiary/aromatic N) is 2. The summed E-state index contributed by atoms with van der Waals surface area (Å²) in [5.74, 6) is 0. The quantitative estimate of drug-likeness (QED) is 0.101. The lowest BCUT2D eigenvalue weighted by Crippen LogP contribution is -2.31. The first-order chi connectivity index (χ1) is 19.8. The van der Waals surface area contributed by atoms with Crippen LogP contribution < -0.4 is 4.72 Å². The molecule has 0 bridgehead atoms. The SMILES string of the molecule is CCCCCCCCCCCC[C@@H](O)[C@H]1CC[C@H]([C@H](O)CCCCCCCCCCNS(=O)(=O)c2ccnn2C)O1. The second-order valence-electron chi connectivity index (χ2n) is 12.2. The van der Waals surface area contributed by atoms with Crippen molar-refractivity contribution in [2.45, 2.75) is 178 Å². The van der Waals surface area contributed by atoms with Gasteiger partial charge in [0.2, 0.25) is 0 Å². The lowest BCUT2D eigenvalue weighted by atomic mass is 10.00. The minimum absolute atomic E-state index is 0.112. The van der Waals surface area contributed by atoms with Gasteiger partial charge in [0.05, 0.1) is 30.6 Å². The molecule has 0 saturated carbocycles. The Labute approximate surface area is 251 Å². The van der Waals surface area contributed by atoms with Crippen LogP contribution in [0.25, 0.3) is 0 Å². The number of nitrogens with one attached hydrogen (secondary N) is 1. The summed E-state index contributed by atoms with van der Waals surface area (Å²) in [6.45, 7) is 2.71. The third kappa shape index (κ3) is 15.3. The number of aromatic nitrogens is 2. The zero-order valence-corrected chi connectivity index (χ0v) is 27.0. The zero-order chi connectivity index (χ0) is 29.8. The molecule has 8 nitrogen and oxygen atoms in total. The van der Waals surface area contributed by atoms with Gasteiger partial charge in [-0.2, -0.15) is 5.10 Å². The highest BCUT2D eigenvalue weighted by Crippen LogP contribution is 2.28. The van der Waals surface area contributed by atoms with Crippen molar-refractivity contribution in [1.82, 2.24) is 14.5 Å². The van der Waals surface area contributed by atoms with Crippen LogP contribution in [0.5, 0.6) is 0 Å². The number of ether oxygens (including phenoxy) is 1. The molecule has 2 heterocycles. The molecule has 4 atom stereocenters. The Morgan fingerprint density at radius 2 is 1.24 bits per heavy atom. The van der Waals surface area contributed by atoms with Gasteiger partial charge in [0, 0.05) is 13.6 Å². The van der Waals surface area contributed by atoms with E-state index < -0.39 is 22.2 Å². The third-order valence-electron chi connectivity index (χ3n) is 8.57. The fourth-order valence-electron chi connectivity index (χ4n) is 5.91. The summed E-state index contributed by atoms with van der Waals surface area (Å²) in [7, 11) is -1.85. The molecule has 0 aliphatic carbocycles. The van der Waals surface area contributed by atoms with E-state index in [2.05, 4.69) is 16.7 Å². The predicted molar refractivity (Wildman–Crippen MR) is 166 cm³/mol.